The van der Waals surface area contributed by atoms with Crippen LogP contribution in [0.15, 0.2) is 24.4 Å². The van der Waals surface area contributed by atoms with Gasteiger partial charge in [0.15, 0.2) is 0 Å². The number of hydrogen-bond donors (Lipinski definition) is 2. The predicted molar refractivity (Wildman–Crippen MR) is 100 cm³/mol. The van der Waals surface area contributed by atoms with E-state index in [1.807, 2.05) is 18.2 Å². The first kappa shape index (κ1) is 18.8. The van der Waals surface area contributed by atoms with Crippen LogP contribution in [0.4, 0.5) is 0 Å². The molecule has 1 aromatic rings. The summed E-state index contributed by atoms with van der Waals surface area (Å²) in [6, 6.07) is 6.02. The first-order valence-electron chi connectivity index (χ1n) is 9.71. The molecular weight excluding hydrogens is 328 g/mol. The van der Waals surface area contributed by atoms with Crippen molar-refractivity contribution in [2.45, 2.75) is 44.6 Å². The number of amides is 2. The molecule has 0 saturated heterocycles. The Morgan fingerprint density at radius 2 is 2.00 bits per heavy atom. The molecule has 2 saturated carbocycles. The molecule has 2 aliphatic carbocycles. The number of nitrogens with one attached hydrogen (secondary N) is 1. The molecule has 0 aliphatic heterocycles. The molecule has 3 rings (SSSR count). The van der Waals surface area contributed by atoms with E-state index in [2.05, 4.69) is 10.3 Å². The molecule has 6 nitrogen and oxygen atoms in total. The Hall–Kier alpha value is -1.95. The number of nitrogens with two attached hydrogens (primary N) is 1. The molecular formula is C20H30N4O2. The summed E-state index contributed by atoms with van der Waals surface area (Å²) in [6.45, 7) is 0.656. The van der Waals surface area contributed by atoms with E-state index in [9.17, 15) is 9.59 Å². The molecule has 0 aromatic carbocycles. The highest BCUT2D eigenvalue weighted by Crippen LogP contribution is 2.41. The van der Waals surface area contributed by atoms with Gasteiger partial charge in [0, 0.05) is 43.9 Å². The third-order valence-electron chi connectivity index (χ3n) is 6.05. The molecule has 0 spiro atoms. The van der Waals surface area contributed by atoms with Gasteiger partial charge in [-0.15, -0.1) is 0 Å². The van der Waals surface area contributed by atoms with Crippen molar-refractivity contribution in [3.8, 4) is 0 Å². The van der Waals surface area contributed by atoms with E-state index in [1.54, 1.807) is 18.1 Å². The van der Waals surface area contributed by atoms with Crippen LogP contribution in [0.2, 0.25) is 0 Å². The monoisotopic (exact) mass is 358 g/mol. The van der Waals surface area contributed by atoms with Crippen molar-refractivity contribution < 1.29 is 9.59 Å². The average Bonchev–Trinajstić information content (AvgIpc) is 2.64. The third kappa shape index (κ3) is 4.61. The van der Waals surface area contributed by atoms with Gasteiger partial charge in [-0.2, -0.15) is 0 Å². The number of carbonyl (C=O) groups is 2. The Kier molecular flexibility index (Phi) is 6.25. The van der Waals surface area contributed by atoms with Crippen molar-refractivity contribution in [2.24, 2.45) is 23.5 Å². The minimum Gasteiger partial charge on any atom is -0.347 e. The second kappa shape index (κ2) is 8.62. The maximum atomic E-state index is 12.5. The second-order valence-electron chi connectivity index (χ2n) is 7.80. The first-order chi connectivity index (χ1) is 12.5. The molecule has 26 heavy (non-hydrogen) atoms. The largest absolute Gasteiger partial charge is 0.347 e. The molecule has 142 valence electrons. The summed E-state index contributed by atoms with van der Waals surface area (Å²) in [5.74, 6) is 0.893. The van der Waals surface area contributed by atoms with Crippen LogP contribution in [0.25, 0.3) is 0 Å². The molecule has 2 amide bonds. The molecule has 1 aromatic heterocycles. The Labute approximate surface area is 155 Å². The highest BCUT2D eigenvalue weighted by atomic mass is 16.2. The fraction of sp³-hybridized carbons (Fsp3) is 0.650. The number of pyridine rings is 1. The third-order valence-corrected chi connectivity index (χ3v) is 6.05. The van der Waals surface area contributed by atoms with Crippen LogP contribution >= 0.6 is 0 Å². The molecule has 2 bridgehead atoms. The second-order valence-corrected chi connectivity index (χ2v) is 7.80. The van der Waals surface area contributed by atoms with Gasteiger partial charge in [0.1, 0.15) is 0 Å². The Morgan fingerprint density at radius 1 is 1.27 bits per heavy atom. The van der Waals surface area contributed by atoms with Crippen molar-refractivity contribution in [2.75, 3.05) is 20.1 Å². The number of carbonyl (C=O) groups excluding carboxylic acids is 2. The Balaban J connectivity index is 1.41. The van der Waals surface area contributed by atoms with Gasteiger partial charge in [0.05, 0.1) is 6.54 Å². The summed E-state index contributed by atoms with van der Waals surface area (Å²) in [5.41, 5.74) is 7.25. The van der Waals surface area contributed by atoms with E-state index in [4.69, 9.17) is 5.73 Å². The summed E-state index contributed by atoms with van der Waals surface area (Å²) in [5, 5.41) is 2.85. The number of rotatable bonds is 6. The van der Waals surface area contributed by atoms with Gasteiger partial charge < -0.3 is 16.0 Å². The van der Waals surface area contributed by atoms with E-state index in [-0.39, 0.29) is 30.3 Å². The summed E-state index contributed by atoms with van der Waals surface area (Å²) in [7, 11) is 1.77. The maximum absolute atomic E-state index is 12.5. The van der Waals surface area contributed by atoms with Gasteiger partial charge >= 0.3 is 0 Å². The molecule has 1 heterocycles. The summed E-state index contributed by atoms with van der Waals surface area (Å²) in [4.78, 5) is 30.7. The number of fused-ring (bicyclic) bond motifs is 2. The zero-order valence-electron chi connectivity index (χ0n) is 15.6. The van der Waals surface area contributed by atoms with E-state index in [0.29, 0.717) is 24.8 Å². The van der Waals surface area contributed by atoms with Crippen molar-refractivity contribution in [3.05, 3.63) is 30.1 Å². The number of nitrogens with zero attached hydrogens (tertiary/aromatic N) is 2. The zero-order valence-corrected chi connectivity index (χ0v) is 15.6. The highest BCUT2D eigenvalue weighted by Gasteiger charge is 2.40. The average molecular weight is 358 g/mol. The summed E-state index contributed by atoms with van der Waals surface area (Å²) < 4.78 is 0. The molecule has 3 N–H and O–H groups in total. The van der Waals surface area contributed by atoms with E-state index in [0.717, 1.165) is 31.4 Å². The van der Waals surface area contributed by atoms with Gasteiger partial charge in [0.25, 0.3) is 0 Å². The van der Waals surface area contributed by atoms with Gasteiger partial charge in [0.2, 0.25) is 11.8 Å². The molecule has 2 fully saturated rings. The molecule has 2 atom stereocenters. The fourth-order valence-corrected chi connectivity index (χ4v) is 4.40. The SMILES string of the molecule is CN(CCc1ccccn1)C(=O)CNC(=O)C1CC2CCCC(C1)C2N. The highest BCUT2D eigenvalue weighted by molar-refractivity contribution is 5.85. The van der Waals surface area contributed by atoms with Crippen LogP contribution in [0, 0.1) is 17.8 Å². The van der Waals surface area contributed by atoms with E-state index >= 15 is 0 Å². The lowest BCUT2D eigenvalue weighted by Gasteiger charge is -2.43. The van der Waals surface area contributed by atoms with Crippen molar-refractivity contribution in [1.82, 2.24) is 15.2 Å². The van der Waals surface area contributed by atoms with Crippen LogP contribution in [0.1, 0.15) is 37.8 Å². The van der Waals surface area contributed by atoms with Crippen molar-refractivity contribution in [1.29, 1.82) is 0 Å². The topological polar surface area (TPSA) is 88.3 Å². The summed E-state index contributed by atoms with van der Waals surface area (Å²) >= 11 is 0. The lowest BCUT2D eigenvalue weighted by molar-refractivity contribution is -0.134. The smallest absolute Gasteiger partial charge is 0.241 e. The minimum atomic E-state index is -0.0676. The molecule has 6 heteroatoms. The predicted octanol–water partition coefficient (Wildman–Crippen LogP) is 1.35. The van der Waals surface area contributed by atoms with Crippen LogP contribution in [-0.4, -0.2) is 47.9 Å². The minimum absolute atomic E-state index is 0.0109. The Bertz CT molecular complexity index is 607. The van der Waals surface area contributed by atoms with Crippen LogP contribution in [-0.2, 0) is 16.0 Å². The zero-order chi connectivity index (χ0) is 18.5. The van der Waals surface area contributed by atoms with Gasteiger partial charge in [-0.05, 0) is 49.7 Å². The lowest BCUT2D eigenvalue weighted by atomic mass is 9.65. The number of likely N-dealkylation sites (N-methyl/N-ethyl adjacent to an activating group) is 1. The quantitative estimate of drug-likeness (QED) is 0.803. The van der Waals surface area contributed by atoms with Crippen LogP contribution < -0.4 is 11.1 Å². The van der Waals surface area contributed by atoms with E-state index < -0.39 is 0 Å². The van der Waals surface area contributed by atoms with Gasteiger partial charge in [-0.1, -0.05) is 12.5 Å². The van der Waals surface area contributed by atoms with Gasteiger partial charge in [-0.3, -0.25) is 14.6 Å². The maximum Gasteiger partial charge on any atom is 0.241 e. The fourth-order valence-electron chi connectivity index (χ4n) is 4.40. The number of aromatic nitrogens is 1. The summed E-state index contributed by atoms with van der Waals surface area (Å²) in [6.07, 6.45) is 7.70. The van der Waals surface area contributed by atoms with Crippen LogP contribution in [0.3, 0.4) is 0 Å². The van der Waals surface area contributed by atoms with Crippen molar-refractivity contribution in [3.63, 3.8) is 0 Å². The molecule has 2 unspecified atom stereocenters. The van der Waals surface area contributed by atoms with Crippen molar-refractivity contribution >= 4 is 11.8 Å². The lowest BCUT2D eigenvalue weighted by Crippen LogP contribution is -2.50. The van der Waals surface area contributed by atoms with E-state index in [1.165, 1.54) is 6.42 Å². The van der Waals surface area contributed by atoms with Crippen LogP contribution in [0.5, 0.6) is 0 Å². The standard InChI is InChI=1S/C20H30N4O2/c1-24(10-8-17-7-2-3-9-22-17)18(25)13-23-20(26)16-11-14-5-4-6-15(12-16)19(14)21/h2-3,7,9,14-16,19H,4-6,8,10-13,21H2,1H3,(H,23,26). The molecule has 2 aliphatic rings. The first-order valence-corrected chi connectivity index (χ1v) is 9.71. The number of hydrogen-bond acceptors (Lipinski definition) is 4. The van der Waals surface area contributed by atoms with Gasteiger partial charge in [-0.25, -0.2) is 0 Å². The normalized spacial score (nSPS) is 27.6. The molecule has 0 radical (unpaired) electrons. The Morgan fingerprint density at radius 3 is 2.65 bits per heavy atom.